The summed E-state index contributed by atoms with van der Waals surface area (Å²) in [6.45, 7) is 1.41. The van der Waals surface area contributed by atoms with Crippen molar-refractivity contribution in [2.24, 2.45) is 0 Å². The molecular formula is C23H20F3N5O2S. The van der Waals surface area contributed by atoms with Crippen LogP contribution >= 0.6 is 11.3 Å². The number of benzene rings is 2. The topological polar surface area (TPSA) is 70.0 Å². The van der Waals surface area contributed by atoms with Crippen molar-refractivity contribution < 1.29 is 22.8 Å². The number of amides is 3. The minimum absolute atomic E-state index is 0.0716. The molecule has 0 atom stereocenters. The Balaban J connectivity index is 1.25. The Bertz CT molecular complexity index is 1380. The number of hydrogen-bond acceptors (Lipinski definition) is 4. The molecule has 1 aliphatic rings. The van der Waals surface area contributed by atoms with E-state index >= 15 is 0 Å². The molecule has 2 aromatic carbocycles. The van der Waals surface area contributed by atoms with E-state index in [9.17, 15) is 22.8 Å². The van der Waals surface area contributed by atoms with Gasteiger partial charge in [0.1, 0.15) is 5.69 Å². The lowest BCUT2D eigenvalue weighted by Gasteiger charge is -2.22. The Morgan fingerprint density at radius 1 is 0.971 bits per heavy atom. The van der Waals surface area contributed by atoms with Crippen molar-refractivity contribution in [3.05, 3.63) is 66.0 Å². The van der Waals surface area contributed by atoms with Gasteiger partial charge in [0.05, 0.1) is 15.8 Å². The summed E-state index contributed by atoms with van der Waals surface area (Å²) in [7, 11) is 0. The van der Waals surface area contributed by atoms with Crippen LogP contribution in [0.15, 0.2) is 54.7 Å². The van der Waals surface area contributed by atoms with Gasteiger partial charge in [-0.2, -0.15) is 13.2 Å². The summed E-state index contributed by atoms with van der Waals surface area (Å²) in [6.07, 6.45) is -2.20. The number of anilines is 1. The minimum Gasteiger partial charge on any atom is -0.335 e. The number of rotatable bonds is 2. The van der Waals surface area contributed by atoms with E-state index in [0.717, 1.165) is 27.3 Å². The minimum atomic E-state index is -4.49. The van der Waals surface area contributed by atoms with Crippen LogP contribution in [-0.2, 0) is 6.18 Å². The fraction of sp³-hybridized carbons (Fsp3) is 0.261. The lowest BCUT2D eigenvalue weighted by Crippen LogP contribution is -2.39. The van der Waals surface area contributed by atoms with Crippen LogP contribution in [0.4, 0.5) is 23.7 Å². The zero-order valence-electron chi connectivity index (χ0n) is 17.9. The number of fused-ring (bicyclic) bond motifs is 3. The smallest absolute Gasteiger partial charge is 0.335 e. The van der Waals surface area contributed by atoms with Crippen LogP contribution in [0.5, 0.6) is 0 Å². The predicted molar refractivity (Wildman–Crippen MR) is 123 cm³/mol. The molecule has 1 fully saturated rings. The van der Waals surface area contributed by atoms with E-state index in [1.807, 2.05) is 28.7 Å². The highest BCUT2D eigenvalue weighted by atomic mass is 32.1. The molecular weight excluding hydrogens is 467 g/mol. The van der Waals surface area contributed by atoms with Crippen molar-refractivity contribution in [2.75, 3.05) is 31.5 Å². The number of para-hydroxylation sites is 1. The summed E-state index contributed by atoms with van der Waals surface area (Å²) in [6, 6.07) is 11.9. The van der Waals surface area contributed by atoms with Gasteiger partial charge < -0.3 is 15.1 Å². The standard InChI is InChI=1S/C23H20F3N5O2S/c24-23(25,26)15-5-3-6-16(13-15)27-21(33)30-10-4-9-29(11-12-30)20(32)17-14-31-18-7-1-2-8-19(18)34-22(31)28-17/h1-3,5-8,13-14H,4,9-12H2,(H,27,33). The molecule has 2 aromatic heterocycles. The summed E-state index contributed by atoms with van der Waals surface area (Å²) < 4.78 is 41.8. The fourth-order valence-corrected chi connectivity index (χ4v) is 5.02. The Kier molecular flexibility index (Phi) is 5.64. The average molecular weight is 488 g/mol. The average Bonchev–Trinajstić information content (AvgIpc) is 3.26. The van der Waals surface area contributed by atoms with Crippen LogP contribution in [-0.4, -0.2) is 57.3 Å². The second kappa shape index (κ2) is 8.64. The quantitative estimate of drug-likeness (QED) is 0.435. The first-order chi connectivity index (χ1) is 16.3. The maximum Gasteiger partial charge on any atom is 0.416 e. The molecule has 3 amide bonds. The largest absolute Gasteiger partial charge is 0.416 e. The molecule has 176 valence electrons. The molecule has 0 aliphatic carbocycles. The number of thiazole rings is 1. The van der Waals surface area contributed by atoms with Crippen LogP contribution in [0.25, 0.3) is 15.2 Å². The summed E-state index contributed by atoms with van der Waals surface area (Å²) in [5.74, 6) is -0.208. The molecule has 34 heavy (non-hydrogen) atoms. The van der Waals surface area contributed by atoms with Crippen LogP contribution in [0.1, 0.15) is 22.5 Å². The molecule has 0 unspecified atom stereocenters. The van der Waals surface area contributed by atoms with E-state index in [2.05, 4.69) is 10.3 Å². The zero-order valence-corrected chi connectivity index (χ0v) is 18.7. The number of alkyl halides is 3. The van der Waals surface area contributed by atoms with E-state index in [1.54, 1.807) is 11.1 Å². The molecule has 1 aliphatic heterocycles. The van der Waals surface area contributed by atoms with Gasteiger partial charge in [-0.05, 0) is 36.8 Å². The fourth-order valence-electron chi connectivity index (χ4n) is 4.01. The van der Waals surface area contributed by atoms with Gasteiger partial charge in [0.25, 0.3) is 5.91 Å². The first-order valence-electron chi connectivity index (χ1n) is 10.7. The number of hydrogen-bond donors (Lipinski definition) is 1. The first kappa shape index (κ1) is 22.2. The van der Waals surface area contributed by atoms with E-state index in [4.69, 9.17) is 0 Å². The maximum atomic E-state index is 13.1. The number of nitrogens with one attached hydrogen (secondary N) is 1. The molecule has 0 bridgehead atoms. The van der Waals surface area contributed by atoms with Gasteiger partial charge in [-0.25, -0.2) is 9.78 Å². The van der Waals surface area contributed by atoms with Crippen molar-refractivity contribution >= 4 is 44.1 Å². The molecule has 3 heterocycles. The third-order valence-electron chi connectivity index (χ3n) is 5.73. The monoisotopic (exact) mass is 487 g/mol. The molecule has 1 N–H and O–H groups in total. The van der Waals surface area contributed by atoms with E-state index < -0.39 is 17.8 Å². The van der Waals surface area contributed by atoms with Crippen LogP contribution in [0.2, 0.25) is 0 Å². The second-order valence-electron chi connectivity index (χ2n) is 7.99. The van der Waals surface area contributed by atoms with E-state index in [0.29, 0.717) is 31.7 Å². The van der Waals surface area contributed by atoms with Gasteiger partial charge in [-0.1, -0.05) is 29.5 Å². The number of carbonyl (C=O) groups is 2. The number of carbonyl (C=O) groups excluding carboxylic acids is 2. The van der Waals surface area contributed by atoms with Crippen molar-refractivity contribution in [3.8, 4) is 0 Å². The van der Waals surface area contributed by atoms with Gasteiger partial charge in [0.15, 0.2) is 4.96 Å². The molecule has 0 saturated carbocycles. The predicted octanol–water partition coefficient (Wildman–Crippen LogP) is 4.95. The molecule has 5 rings (SSSR count). The van der Waals surface area contributed by atoms with Gasteiger partial charge in [-0.3, -0.25) is 9.20 Å². The highest BCUT2D eigenvalue weighted by Crippen LogP contribution is 2.31. The Morgan fingerprint density at radius 3 is 2.56 bits per heavy atom. The van der Waals surface area contributed by atoms with Crippen molar-refractivity contribution in [1.82, 2.24) is 19.2 Å². The molecule has 1 saturated heterocycles. The first-order valence-corrected chi connectivity index (χ1v) is 11.5. The number of halogens is 3. The van der Waals surface area contributed by atoms with Gasteiger partial charge in [0, 0.05) is 38.1 Å². The molecule has 11 heteroatoms. The number of nitrogens with zero attached hydrogens (tertiary/aromatic N) is 4. The molecule has 0 spiro atoms. The lowest BCUT2D eigenvalue weighted by molar-refractivity contribution is -0.137. The maximum absolute atomic E-state index is 13.1. The van der Waals surface area contributed by atoms with Gasteiger partial charge in [0.2, 0.25) is 0 Å². The van der Waals surface area contributed by atoms with Crippen molar-refractivity contribution in [2.45, 2.75) is 12.6 Å². The highest BCUT2D eigenvalue weighted by molar-refractivity contribution is 7.23. The molecule has 4 aromatic rings. The van der Waals surface area contributed by atoms with Crippen LogP contribution in [0.3, 0.4) is 0 Å². The van der Waals surface area contributed by atoms with Crippen LogP contribution < -0.4 is 5.32 Å². The summed E-state index contributed by atoms with van der Waals surface area (Å²) in [4.78, 5) is 34.1. The second-order valence-corrected chi connectivity index (χ2v) is 9.00. The Labute approximate surface area is 196 Å². The SMILES string of the molecule is O=C(Nc1cccc(C(F)(F)F)c1)N1CCCN(C(=O)c2cn3c(n2)sc2ccccc23)CC1. The summed E-state index contributed by atoms with van der Waals surface area (Å²) in [5.41, 5.74) is 0.578. The number of aromatic nitrogens is 2. The zero-order chi connectivity index (χ0) is 23.9. The normalized spacial score (nSPS) is 15.0. The molecule has 7 nitrogen and oxygen atoms in total. The summed E-state index contributed by atoms with van der Waals surface area (Å²) in [5, 5.41) is 2.53. The third kappa shape index (κ3) is 4.30. The number of urea groups is 1. The number of imidazole rings is 1. The third-order valence-corrected chi connectivity index (χ3v) is 6.77. The highest BCUT2D eigenvalue weighted by Gasteiger charge is 2.31. The van der Waals surface area contributed by atoms with Gasteiger partial charge in [-0.15, -0.1) is 0 Å². The summed E-state index contributed by atoms with van der Waals surface area (Å²) >= 11 is 1.51. The van der Waals surface area contributed by atoms with Crippen LogP contribution in [0, 0.1) is 0 Å². The Hall–Kier alpha value is -3.60. The van der Waals surface area contributed by atoms with Crippen molar-refractivity contribution in [3.63, 3.8) is 0 Å². The van der Waals surface area contributed by atoms with Crippen molar-refractivity contribution in [1.29, 1.82) is 0 Å². The van der Waals surface area contributed by atoms with E-state index in [-0.39, 0.29) is 18.1 Å². The Morgan fingerprint density at radius 2 is 1.74 bits per heavy atom. The molecule has 0 radical (unpaired) electrons. The van der Waals surface area contributed by atoms with E-state index in [1.165, 1.54) is 28.4 Å². The van der Waals surface area contributed by atoms with Gasteiger partial charge >= 0.3 is 12.2 Å². The lowest BCUT2D eigenvalue weighted by atomic mass is 10.2.